The Morgan fingerprint density at radius 2 is 1.94 bits per heavy atom. The highest BCUT2D eigenvalue weighted by Crippen LogP contribution is 2.12. The van der Waals surface area contributed by atoms with Gasteiger partial charge in [-0.15, -0.1) is 0 Å². The van der Waals surface area contributed by atoms with Gasteiger partial charge in [0.25, 0.3) is 0 Å². The highest BCUT2D eigenvalue weighted by Gasteiger charge is 2.13. The van der Waals surface area contributed by atoms with Crippen LogP contribution >= 0.6 is 0 Å². The number of amides is 1. The lowest BCUT2D eigenvalue weighted by Crippen LogP contribution is -2.33. The number of nitrogens with two attached hydrogens (primary N) is 1. The third-order valence-corrected chi connectivity index (χ3v) is 2.63. The largest absolute Gasteiger partial charge is 0.396 e. The zero-order valence-electron chi connectivity index (χ0n) is 11.1. The van der Waals surface area contributed by atoms with Crippen LogP contribution in [0.3, 0.4) is 0 Å². The van der Waals surface area contributed by atoms with Crippen LogP contribution < -0.4 is 11.1 Å². The maximum absolute atomic E-state index is 11.7. The number of carbonyl (C=O) groups excluding carboxylic acids is 1. The lowest BCUT2D eigenvalue weighted by molar-refractivity contribution is -0.116. The van der Waals surface area contributed by atoms with E-state index < -0.39 is 0 Å². The topological polar surface area (TPSA) is 75.4 Å². The van der Waals surface area contributed by atoms with Gasteiger partial charge in [-0.25, -0.2) is 0 Å². The maximum atomic E-state index is 11.7. The fraction of sp³-hybridized carbons (Fsp3) is 0.500. The molecule has 0 spiro atoms. The molecule has 0 saturated carbocycles. The third kappa shape index (κ3) is 5.80. The molecule has 1 aromatic rings. The van der Waals surface area contributed by atoms with Crippen molar-refractivity contribution in [3.05, 3.63) is 29.8 Å². The Hall–Kier alpha value is -1.39. The van der Waals surface area contributed by atoms with Gasteiger partial charge < -0.3 is 16.2 Å². The van der Waals surface area contributed by atoms with E-state index in [1.807, 2.05) is 38.1 Å². The van der Waals surface area contributed by atoms with Crippen LogP contribution in [-0.4, -0.2) is 23.2 Å². The predicted octanol–water partition coefficient (Wildman–Crippen LogP) is 1.68. The average Bonchev–Trinajstić information content (AvgIpc) is 2.29. The van der Waals surface area contributed by atoms with Crippen molar-refractivity contribution in [3.63, 3.8) is 0 Å². The van der Waals surface area contributed by atoms with Crippen LogP contribution in [0.4, 0.5) is 5.69 Å². The molecular weight excluding hydrogens is 228 g/mol. The molecule has 1 aromatic carbocycles. The highest BCUT2D eigenvalue weighted by atomic mass is 16.2. The van der Waals surface area contributed by atoms with E-state index in [4.69, 9.17) is 10.8 Å². The minimum Gasteiger partial charge on any atom is -0.396 e. The number of aliphatic hydroxyl groups excluding tert-OH is 1. The first-order chi connectivity index (χ1) is 8.40. The van der Waals surface area contributed by atoms with Crippen molar-refractivity contribution in [3.8, 4) is 0 Å². The van der Waals surface area contributed by atoms with Gasteiger partial charge in [-0.2, -0.15) is 0 Å². The van der Waals surface area contributed by atoms with Crippen molar-refractivity contribution in [1.29, 1.82) is 0 Å². The Morgan fingerprint density at radius 3 is 2.44 bits per heavy atom. The first-order valence-electron chi connectivity index (χ1n) is 6.19. The van der Waals surface area contributed by atoms with E-state index in [0.717, 1.165) is 11.3 Å². The van der Waals surface area contributed by atoms with Gasteiger partial charge in [0.1, 0.15) is 0 Å². The predicted molar refractivity (Wildman–Crippen MR) is 73.4 cm³/mol. The molecule has 0 bridgehead atoms. The number of hydrogen-bond donors (Lipinski definition) is 3. The second-order valence-corrected chi connectivity index (χ2v) is 5.21. The normalized spacial score (nSPS) is 11.3. The Morgan fingerprint density at radius 1 is 1.33 bits per heavy atom. The van der Waals surface area contributed by atoms with Crippen LogP contribution in [0.25, 0.3) is 0 Å². The zero-order valence-corrected chi connectivity index (χ0v) is 11.1. The molecule has 0 aliphatic rings. The van der Waals surface area contributed by atoms with Crippen molar-refractivity contribution >= 4 is 11.6 Å². The van der Waals surface area contributed by atoms with Crippen LogP contribution in [0.1, 0.15) is 32.3 Å². The van der Waals surface area contributed by atoms with E-state index in [1.54, 1.807) is 0 Å². The number of hydrogen-bond acceptors (Lipinski definition) is 3. The summed E-state index contributed by atoms with van der Waals surface area (Å²) in [6.07, 6.45) is 1.71. The van der Waals surface area contributed by atoms with Crippen molar-refractivity contribution in [1.82, 2.24) is 0 Å². The highest BCUT2D eigenvalue weighted by molar-refractivity contribution is 5.90. The number of benzene rings is 1. The lowest BCUT2D eigenvalue weighted by atomic mass is 10.00. The number of anilines is 1. The summed E-state index contributed by atoms with van der Waals surface area (Å²) in [5, 5.41) is 11.6. The van der Waals surface area contributed by atoms with E-state index in [1.165, 1.54) is 0 Å². The Balaban J connectivity index is 2.44. The van der Waals surface area contributed by atoms with Crippen LogP contribution in [0.2, 0.25) is 0 Å². The Labute approximate surface area is 108 Å². The van der Waals surface area contributed by atoms with Crippen LogP contribution in [0.5, 0.6) is 0 Å². The van der Waals surface area contributed by atoms with Crippen molar-refractivity contribution in [2.24, 2.45) is 5.73 Å². The molecule has 0 saturated heterocycles. The number of carbonyl (C=O) groups is 1. The fourth-order valence-electron chi connectivity index (χ4n) is 1.54. The zero-order chi connectivity index (χ0) is 13.6. The minimum atomic E-state index is -0.317. The molecule has 0 unspecified atom stereocenters. The molecule has 100 valence electrons. The van der Waals surface area contributed by atoms with Gasteiger partial charge >= 0.3 is 0 Å². The molecule has 0 aliphatic heterocycles. The standard InChI is InChI=1S/C14H22N2O2/c1-14(2,15)9-7-13(18)16-12-5-3-11(4-6-12)8-10-17/h3-6,17H,7-10,15H2,1-2H3,(H,16,18). The summed E-state index contributed by atoms with van der Waals surface area (Å²) in [5.74, 6) is -0.0246. The van der Waals surface area contributed by atoms with Crippen LogP contribution in [0.15, 0.2) is 24.3 Å². The molecule has 0 aromatic heterocycles. The molecule has 0 aliphatic carbocycles. The second kappa shape index (κ2) is 6.52. The van der Waals surface area contributed by atoms with Gasteiger partial charge in [-0.3, -0.25) is 4.79 Å². The van der Waals surface area contributed by atoms with Gasteiger partial charge in [0.15, 0.2) is 0 Å². The molecule has 0 heterocycles. The maximum Gasteiger partial charge on any atom is 0.224 e. The van der Waals surface area contributed by atoms with Gasteiger partial charge in [-0.05, 0) is 44.4 Å². The summed E-state index contributed by atoms with van der Waals surface area (Å²) in [6, 6.07) is 7.49. The Bertz CT molecular complexity index is 380. The van der Waals surface area contributed by atoms with E-state index in [2.05, 4.69) is 5.32 Å². The first-order valence-corrected chi connectivity index (χ1v) is 6.19. The summed E-state index contributed by atoms with van der Waals surface area (Å²) in [6.45, 7) is 3.95. The molecular formula is C14H22N2O2. The molecule has 0 fully saturated rings. The SMILES string of the molecule is CC(C)(N)CCC(=O)Nc1ccc(CCO)cc1. The monoisotopic (exact) mass is 250 g/mol. The van der Waals surface area contributed by atoms with Crippen LogP contribution in [-0.2, 0) is 11.2 Å². The number of rotatable bonds is 6. The lowest BCUT2D eigenvalue weighted by Gasteiger charge is -2.17. The molecule has 0 radical (unpaired) electrons. The number of aliphatic hydroxyl groups is 1. The first kappa shape index (κ1) is 14.7. The van der Waals surface area contributed by atoms with Gasteiger partial charge in [0, 0.05) is 24.3 Å². The fourth-order valence-corrected chi connectivity index (χ4v) is 1.54. The molecule has 1 rings (SSSR count). The third-order valence-electron chi connectivity index (χ3n) is 2.63. The van der Waals surface area contributed by atoms with E-state index in [-0.39, 0.29) is 18.1 Å². The van der Waals surface area contributed by atoms with Crippen LogP contribution in [0, 0.1) is 0 Å². The molecule has 18 heavy (non-hydrogen) atoms. The van der Waals surface area contributed by atoms with Gasteiger partial charge in [0.2, 0.25) is 5.91 Å². The summed E-state index contributed by atoms with van der Waals surface area (Å²) >= 11 is 0. The smallest absolute Gasteiger partial charge is 0.224 e. The molecule has 1 amide bonds. The van der Waals surface area contributed by atoms with Gasteiger partial charge in [-0.1, -0.05) is 12.1 Å². The van der Waals surface area contributed by atoms with Crippen molar-refractivity contribution in [2.75, 3.05) is 11.9 Å². The van der Waals surface area contributed by atoms with E-state index in [0.29, 0.717) is 19.3 Å². The van der Waals surface area contributed by atoms with Gasteiger partial charge in [0.05, 0.1) is 0 Å². The quantitative estimate of drug-likeness (QED) is 0.719. The van der Waals surface area contributed by atoms with E-state index >= 15 is 0 Å². The Kier molecular flexibility index (Phi) is 5.31. The molecule has 4 heteroatoms. The van der Waals surface area contributed by atoms with Crippen molar-refractivity contribution in [2.45, 2.75) is 38.6 Å². The molecule has 4 N–H and O–H groups in total. The van der Waals surface area contributed by atoms with E-state index in [9.17, 15) is 4.79 Å². The second-order valence-electron chi connectivity index (χ2n) is 5.21. The summed E-state index contributed by atoms with van der Waals surface area (Å²) in [4.78, 5) is 11.7. The molecule has 0 atom stereocenters. The summed E-state index contributed by atoms with van der Waals surface area (Å²) in [7, 11) is 0. The summed E-state index contributed by atoms with van der Waals surface area (Å²) < 4.78 is 0. The average molecular weight is 250 g/mol. The minimum absolute atomic E-state index is 0.0246. The van der Waals surface area contributed by atoms with Crippen molar-refractivity contribution < 1.29 is 9.90 Å². The summed E-state index contributed by atoms with van der Waals surface area (Å²) in [5.41, 5.74) is 7.34. The molecule has 4 nitrogen and oxygen atoms in total. The number of nitrogens with one attached hydrogen (secondary N) is 1.